The monoisotopic (exact) mass is 290 g/mol. The van der Waals surface area contributed by atoms with Crippen LogP contribution in [0.2, 0.25) is 0 Å². The summed E-state index contributed by atoms with van der Waals surface area (Å²) in [6.07, 6.45) is 0.722. The number of thioether (sulfide) groups is 1. The van der Waals surface area contributed by atoms with Crippen LogP contribution < -0.4 is 11.3 Å². The minimum absolute atomic E-state index is 0.112. The number of aryl methyl sites for hydroxylation is 1. The molecule has 2 rings (SSSR count). The molecular weight excluding hydrogens is 271 g/mol. The molecule has 0 heterocycles. The van der Waals surface area contributed by atoms with E-state index in [2.05, 4.69) is 17.6 Å². The van der Waals surface area contributed by atoms with Gasteiger partial charge in [-0.2, -0.15) is 0 Å². The van der Waals surface area contributed by atoms with Gasteiger partial charge in [-0.1, -0.05) is 24.3 Å². The Morgan fingerprint density at radius 2 is 1.95 bits per heavy atom. The highest BCUT2D eigenvalue weighted by molar-refractivity contribution is 7.99. The largest absolute Gasteiger partial charge is 0.271 e. The van der Waals surface area contributed by atoms with Crippen molar-refractivity contribution in [2.75, 3.05) is 5.75 Å². The van der Waals surface area contributed by atoms with Gasteiger partial charge in [0.15, 0.2) is 0 Å². The van der Waals surface area contributed by atoms with Gasteiger partial charge in [-0.05, 0) is 48.7 Å². The molecule has 0 spiro atoms. The summed E-state index contributed by atoms with van der Waals surface area (Å²) in [5, 5.41) is 0. The first-order valence-corrected chi connectivity index (χ1v) is 7.56. The summed E-state index contributed by atoms with van der Waals surface area (Å²) in [5.74, 6) is 6.26. The Hall–Kier alpha value is -1.36. The average Bonchev–Trinajstić information content (AvgIpc) is 2.48. The Kier molecular flexibility index (Phi) is 5.59. The zero-order valence-electron chi connectivity index (χ0n) is 11.5. The van der Waals surface area contributed by atoms with Gasteiger partial charge in [-0.15, -0.1) is 11.8 Å². The van der Waals surface area contributed by atoms with Crippen LogP contribution in [0.4, 0.5) is 4.39 Å². The van der Waals surface area contributed by atoms with Gasteiger partial charge in [0.25, 0.3) is 0 Å². The van der Waals surface area contributed by atoms with E-state index in [1.165, 1.54) is 11.0 Å². The highest BCUT2D eigenvalue weighted by Crippen LogP contribution is 2.20. The van der Waals surface area contributed by atoms with Crippen molar-refractivity contribution in [3.8, 4) is 0 Å². The number of benzene rings is 2. The molecule has 0 saturated heterocycles. The van der Waals surface area contributed by atoms with Crippen LogP contribution >= 0.6 is 11.8 Å². The molecule has 1 atom stereocenters. The third-order valence-electron chi connectivity index (χ3n) is 3.21. The first kappa shape index (κ1) is 15.0. The van der Waals surface area contributed by atoms with Gasteiger partial charge in [-0.25, -0.2) is 4.39 Å². The Morgan fingerprint density at radius 1 is 1.20 bits per heavy atom. The number of nitrogens with two attached hydrogens (primary N) is 1. The van der Waals surface area contributed by atoms with Crippen molar-refractivity contribution in [2.45, 2.75) is 24.3 Å². The van der Waals surface area contributed by atoms with Crippen LogP contribution in [-0.4, -0.2) is 11.8 Å². The fourth-order valence-corrected chi connectivity index (χ4v) is 2.96. The minimum Gasteiger partial charge on any atom is -0.271 e. The molecule has 0 aliphatic heterocycles. The number of hydrogen-bond donors (Lipinski definition) is 2. The molecule has 3 N–H and O–H groups in total. The number of halogens is 1. The summed E-state index contributed by atoms with van der Waals surface area (Å²) in [7, 11) is 0. The zero-order chi connectivity index (χ0) is 14.4. The van der Waals surface area contributed by atoms with Gasteiger partial charge in [0, 0.05) is 16.7 Å². The predicted molar refractivity (Wildman–Crippen MR) is 83.1 cm³/mol. The summed E-state index contributed by atoms with van der Waals surface area (Å²) < 4.78 is 13.3. The number of hydrazine groups is 1. The molecule has 0 aliphatic rings. The van der Waals surface area contributed by atoms with Gasteiger partial charge >= 0.3 is 0 Å². The molecule has 0 aromatic heterocycles. The number of hydrogen-bond acceptors (Lipinski definition) is 3. The quantitative estimate of drug-likeness (QED) is 0.487. The van der Waals surface area contributed by atoms with E-state index in [0.29, 0.717) is 0 Å². The molecule has 2 aromatic carbocycles. The fourth-order valence-electron chi connectivity index (χ4n) is 2.00. The lowest BCUT2D eigenvalue weighted by Crippen LogP contribution is -2.38. The molecule has 1 unspecified atom stereocenters. The molecule has 0 radical (unpaired) electrons. The molecule has 20 heavy (non-hydrogen) atoms. The van der Waals surface area contributed by atoms with Crippen LogP contribution in [0.25, 0.3) is 0 Å². The lowest BCUT2D eigenvalue weighted by Gasteiger charge is -2.17. The van der Waals surface area contributed by atoms with Gasteiger partial charge in [-0.3, -0.25) is 11.3 Å². The third kappa shape index (κ3) is 4.34. The Bertz CT molecular complexity index is 545. The fraction of sp³-hybridized carbons (Fsp3) is 0.250. The maximum absolute atomic E-state index is 13.3. The Labute approximate surface area is 123 Å². The summed E-state index contributed by atoms with van der Waals surface area (Å²) in [5.41, 5.74) is 4.92. The van der Waals surface area contributed by atoms with Crippen molar-refractivity contribution >= 4 is 11.8 Å². The second-order valence-electron chi connectivity index (χ2n) is 4.76. The van der Waals surface area contributed by atoms with E-state index < -0.39 is 0 Å². The van der Waals surface area contributed by atoms with Crippen LogP contribution in [-0.2, 0) is 6.42 Å². The maximum Gasteiger partial charge on any atom is 0.123 e. The van der Waals surface area contributed by atoms with Crippen molar-refractivity contribution in [2.24, 2.45) is 5.84 Å². The topological polar surface area (TPSA) is 38.0 Å². The lowest BCUT2D eigenvalue weighted by atomic mass is 10.0. The van der Waals surface area contributed by atoms with Crippen LogP contribution in [0.3, 0.4) is 0 Å². The van der Waals surface area contributed by atoms with Crippen molar-refractivity contribution < 1.29 is 4.39 Å². The molecule has 2 nitrogen and oxygen atoms in total. The number of rotatable bonds is 6. The standard InChI is InChI=1S/C16H19FN2S/c1-12-7-8-14(17)9-13(12)10-15(19-18)11-20-16-5-3-2-4-6-16/h2-9,15,19H,10-11,18H2,1H3. The van der Waals surface area contributed by atoms with E-state index in [9.17, 15) is 4.39 Å². The zero-order valence-corrected chi connectivity index (χ0v) is 12.3. The molecular formula is C16H19FN2S. The van der Waals surface area contributed by atoms with Gasteiger partial charge in [0.2, 0.25) is 0 Å². The summed E-state index contributed by atoms with van der Waals surface area (Å²) in [4.78, 5) is 1.21. The normalized spacial score (nSPS) is 12.3. The maximum atomic E-state index is 13.3. The lowest BCUT2D eigenvalue weighted by molar-refractivity contribution is 0.569. The second kappa shape index (κ2) is 7.43. The summed E-state index contributed by atoms with van der Waals surface area (Å²) in [6, 6.07) is 15.2. The molecule has 0 saturated carbocycles. The number of nitrogens with one attached hydrogen (secondary N) is 1. The van der Waals surface area contributed by atoms with Crippen molar-refractivity contribution in [3.63, 3.8) is 0 Å². The molecule has 0 amide bonds. The van der Waals surface area contributed by atoms with E-state index in [1.54, 1.807) is 17.8 Å². The molecule has 2 aromatic rings. The predicted octanol–water partition coefficient (Wildman–Crippen LogP) is 3.30. The molecule has 4 heteroatoms. The van der Waals surface area contributed by atoms with E-state index in [1.807, 2.05) is 31.2 Å². The van der Waals surface area contributed by atoms with Gasteiger partial charge < -0.3 is 0 Å². The van der Waals surface area contributed by atoms with Gasteiger partial charge in [0.1, 0.15) is 5.82 Å². The third-order valence-corrected chi connectivity index (χ3v) is 4.38. The van der Waals surface area contributed by atoms with E-state index in [4.69, 9.17) is 5.84 Å². The SMILES string of the molecule is Cc1ccc(F)cc1CC(CSc1ccccc1)NN. The van der Waals surface area contributed by atoms with Crippen molar-refractivity contribution in [1.29, 1.82) is 0 Å². The van der Waals surface area contributed by atoms with Crippen LogP contribution in [0, 0.1) is 12.7 Å². The highest BCUT2D eigenvalue weighted by Gasteiger charge is 2.11. The van der Waals surface area contributed by atoms with Crippen LogP contribution in [0.15, 0.2) is 53.4 Å². The Morgan fingerprint density at radius 3 is 2.65 bits per heavy atom. The smallest absolute Gasteiger partial charge is 0.123 e. The van der Waals surface area contributed by atoms with E-state index in [-0.39, 0.29) is 11.9 Å². The highest BCUT2D eigenvalue weighted by atomic mass is 32.2. The first-order valence-electron chi connectivity index (χ1n) is 6.58. The summed E-state index contributed by atoms with van der Waals surface area (Å²) >= 11 is 1.75. The second-order valence-corrected chi connectivity index (χ2v) is 5.86. The summed E-state index contributed by atoms with van der Waals surface area (Å²) in [6.45, 7) is 1.99. The Balaban J connectivity index is 1.97. The molecule has 0 aliphatic carbocycles. The van der Waals surface area contributed by atoms with Crippen LogP contribution in [0.1, 0.15) is 11.1 Å². The molecule has 0 fully saturated rings. The minimum atomic E-state index is -0.197. The van der Waals surface area contributed by atoms with E-state index in [0.717, 1.165) is 23.3 Å². The first-order chi connectivity index (χ1) is 9.69. The van der Waals surface area contributed by atoms with Gasteiger partial charge in [0.05, 0.1) is 0 Å². The van der Waals surface area contributed by atoms with E-state index >= 15 is 0 Å². The molecule has 0 bridgehead atoms. The van der Waals surface area contributed by atoms with Crippen molar-refractivity contribution in [3.05, 3.63) is 65.5 Å². The van der Waals surface area contributed by atoms with Crippen LogP contribution in [0.5, 0.6) is 0 Å². The average molecular weight is 290 g/mol. The van der Waals surface area contributed by atoms with Crippen molar-refractivity contribution in [1.82, 2.24) is 5.43 Å². The molecule has 106 valence electrons.